The Kier molecular flexibility index (Phi) is 5.45. The van der Waals surface area contributed by atoms with Gasteiger partial charge in [0.2, 0.25) is 19.9 Å². The summed E-state index contributed by atoms with van der Waals surface area (Å²) in [6, 6.07) is 12.0. The van der Waals surface area contributed by atoms with Gasteiger partial charge in [-0.3, -0.25) is 0 Å². The second-order valence-electron chi connectivity index (χ2n) is 5.97. The molecule has 0 fully saturated rings. The number of aromatic amines is 1. The Labute approximate surface area is 158 Å². The number of aryl methyl sites for hydroxylation is 1. The van der Waals surface area contributed by atoms with Gasteiger partial charge in [-0.1, -0.05) is 24.3 Å². The van der Waals surface area contributed by atoms with Gasteiger partial charge in [-0.2, -0.15) is 0 Å². The van der Waals surface area contributed by atoms with E-state index in [0.717, 1.165) is 5.69 Å². The summed E-state index contributed by atoms with van der Waals surface area (Å²) in [5.74, 6) is 0. The number of H-pyrrole nitrogens is 1. The van der Waals surface area contributed by atoms with E-state index in [9.17, 15) is 16.8 Å². The summed E-state index contributed by atoms with van der Waals surface area (Å²) < 4.78 is 53.4. The Balaban J connectivity index is 1.88. The molecule has 0 atom stereocenters. The van der Waals surface area contributed by atoms with Crippen LogP contribution in [0.15, 0.2) is 75.7 Å². The Bertz CT molecular complexity index is 1120. The van der Waals surface area contributed by atoms with Crippen LogP contribution in [0.25, 0.3) is 0 Å². The topological polar surface area (TPSA) is 109 Å². The Morgan fingerprint density at radius 2 is 1.74 bits per heavy atom. The van der Waals surface area contributed by atoms with Crippen LogP contribution >= 0.6 is 0 Å². The number of sulfonamides is 1. The molecule has 7 nitrogen and oxygen atoms in total. The zero-order chi connectivity index (χ0) is 19.5. The van der Waals surface area contributed by atoms with Crippen molar-refractivity contribution in [1.29, 1.82) is 0 Å². The van der Waals surface area contributed by atoms with Crippen LogP contribution in [0.1, 0.15) is 11.3 Å². The van der Waals surface area contributed by atoms with Crippen LogP contribution in [0, 0.1) is 6.92 Å². The molecule has 1 heterocycles. The fraction of sp³-hybridized carbons (Fsp3) is 0.167. The van der Waals surface area contributed by atoms with Gasteiger partial charge in [0, 0.05) is 24.9 Å². The number of hydrogen-bond donors (Lipinski definition) is 2. The first kappa shape index (κ1) is 19.3. The van der Waals surface area contributed by atoms with E-state index in [0.29, 0.717) is 12.0 Å². The second kappa shape index (κ2) is 7.63. The van der Waals surface area contributed by atoms with Crippen molar-refractivity contribution in [2.45, 2.75) is 28.0 Å². The van der Waals surface area contributed by atoms with Crippen molar-refractivity contribution in [2.75, 3.05) is 6.54 Å². The summed E-state index contributed by atoms with van der Waals surface area (Å²) in [7, 11) is -7.66. The number of aromatic nitrogens is 2. The molecule has 0 bridgehead atoms. The summed E-state index contributed by atoms with van der Waals surface area (Å²) in [5, 5.41) is 0. The second-order valence-corrected chi connectivity index (χ2v) is 9.65. The predicted molar refractivity (Wildman–Crippen MR) is 101 cm³/mol. The molecule has 9 heteroatoms. The van der Waals surface area contributed by atoms with Crippen LogP contribution < -0.4 is 4.72 Å². The van der Waals surface area contributed by atoms with Gasteiger partial charge < -0.3 is 4.98 Å². The molecule has 2 aromatic carbocycles. The molecule has 2 N–H and O–H groups in total. The van der Waals surface area contributed by atoms with E-state index in [2.05, 4.69) is 14.7 Å². The van der Waals surface area contributed by atoms with Crippen LogP contribution in [-0.2, 0) is 26.3 Å². The molecule has 0 aliphatic heterocycles. The quantitative estimate of drug-likeness (QED) is 0.625. The zero-order valence-electron chi connectivity index (χ0n) is 14.6. The Morgan fingerprint density at radius 1 is 1.00 bits per heavy atom. The average Bonchev–Trinajstić information content (AvgIpc) is 3.16. The smallest absolute Gasteiger partial charge is 0.240 e. The molecular weight excluding hydrogens is 386 g/mol. The highest BCUT2D eigenvalue weighted by molar-refractivity contribution is 7.91. The molecule has 0 saturated heterocycles. The monoisotopic (exact) mass is 405 g/mol. The Hall–Kier alpha value is -2.49. The minimum Gasteiger partial charge on any atom is -0.348 e. The Morgan fingerprint density at radius 3 is 2.41 bits per heavy atom. The van der Waals surface area contributed by atoms with Gasteiger partial charge in [-0.25, -0.2) is 26.5 Å². The third-order valence-electron chi connectivity index (χ3n) is 4.05. The highest BCUT2D eigenvalue weighted by Gasteiger charge is 2.23. The van der Waals surface area contributed by atoms with Crippen molar-refractivity contribution >= 4 is 19.9 Å². The summed E-state index contributed by atoms with van der Waals surface area (Å²) in [6.07, 6.45) is 3.58. The third-order valence-corrected chi connectivity index (χ3v) is 7.42. The minimum absolute atomic E-state index is 0.0517. The van der Waals surface area contributed by atoms with Crippen molar-refractivity contribution in [3.05, 3.63) is 72.3 Å². The molecule has 0 aliphatic rings. The van der Waals surface area contributed by atoms with Gasteiger partial charge in [0.25, 0.3) is 0 Å². The largest absolute Gasteiger partial charge is 0.348 e. The number of nitrogens with one attached hydrogen (secondary N) is 2. The van der Waals surface area contributed by atoms with Crippen molar-refractivity contribution in [1.82, 2.24) is 14.7 Å². The van der Waals surface area contributed by atoms with E-state index in [1.165, 1.54) is 36.7 Å². The first-order chi connectivity index (χ1) is 12.8. The summed E-state index contributed by atoms with van der Waals surface area (Å²) >= 11 is 0. The van der Waals surface area contributed by atoms with Crippen molar-refractivity contribution < 1.29 is 16.8 Å². The molecular formula is C18H19N3O4S2. The normalized spacial score (nSPS) is 12.2. The van der Waals surface area contributed by atoms with Crippen LogP contribution in [0.4, 0.5) is 0 Å². The van der Waals surface area contributed by atoms with Crippen LogP contribution in [0.5, 0.6) is 0 Å². The molecule has 3 rings (SSSR count). The van der Waals surface area contributed by atoms with E-state index in [4.69, 9.17) is 0 Å². The molecule has 0 unspecified atom stereocenters. The predicted octanol–water partition coefficient (Wildman–Crippen LogP) is 2.07. The maximum atomic E-state index is 12.8. The third kappa shape index (κ3) is 4.26. The SMILES string of the molecule is Cc1ccc(S(=O)(=O)c2ccccc2)cc1S(=O)(=O)NCCc1cnc[nH]1. The molecule has 3 aromatic rings. The van der Waals surface area contributed by atoms with Gasteiger partial charge >= 0.3 is 0 Å². The number of sulfone groups is 1. The molecule has 0 aliphatic carbocycles. The van der Waals surface area contributed by atoms with E-state index < -0.39 is 19.9 Å². The molecule has 1 aromatic heterocycles. The fourth-order valence-corrected chi connectivity index (χ4v) is 5.27. The fourth-order valence-electron chi connectivity index (χ4n) is 2.59. The first-order valence-electron chi connectivity index (χ1n) is 8.18. The van der Waals surface area contributed by atoms with E-state index in [-0.39, 0.29) is 21.2 Å². The van der Waals surface area contributed by atoms with Crippen molar-refractivity contribution in [2.24, 2.45) is 0 Å². The first-order valence-corrected chi connectivity index (χ1v) is 11.1. The van der Waals surface area contributed by atoms with Crippen molar-refractivity contribution in [3.8, 4) is 0 Å². The minimum atomic E-state index is -3.86. The highest BCUT2D eigenvalue weighted by atomic mass is 32.2. The number of nitrogens with zero attached hydrogens (tertiary/aromatic N) is 1. The molecule has 0 amide bonds. The van der Waals surface area contributed by atoms with E-state index in [1.807, 2.05) is 0 Å². The van der Waals surface area contributed by atoms with Crippen LogP contribution in [0.3, 0.4) is 0 Å². The highest BCUT2D eigenvalue weighted by Crippen LogP contribution is 2.25. The zero-order valence-corrected chi connectivity index (χ0v) is 16.2. The van der Waals surface area contributed by atoms with Crippen molar-refractivity contribution in [3.63, 3.8) is 0 Å². The van der Waals surface area contributed by atoms with Gasteiger partial charge in [0.15, 0.2) is 0 Å². The van der Waals surface area contributed by atoms with E-state index in [1.54, 1.807) is 31.3 Å². The van der Waals surface area contributed by atoms with Gasteiger partial charge in [0.1, 0.15) is 0 Å². The van der Waals surface area contributed by atoms with Crippen LogP contribution in [0.2, 0.25) is 0 Å². The average molecular weight is 406 g/mol. The van der Waals surface area contributed by atoms with Crippen LogP contribution in [-0.4, -0.2) is 33.3 Å². The van der Waals surface area contributed by atoms with Gasteiger partial charge in [-0.05, 0) is 36.8 Å². The summed E-state index contributed by atoms with van der Waals surface area (Å²) in [4.78, 5) is 6.78. The molecule has 27 heavy (non-hydrogen) atoms. The summed E-state index contributed by atoms with van der Waals surface area (Å²) in [6.45, 7) is 1.79. The van der Waals surface area contributed by atoms with Gasteiger partial charge in [0.05, 0.1) is 21.0 Å². The molecule has 0 spiro atoms. The number of imidazole rings is 1. The number of rotatable bonds is 7. The lowest BCUT2D eigenvalue weighted by atomic mass is 10.2. The lowest BCUT2D eigenvalue weighted by Gasteiger charge is -2.11. The number of hydrogen-bond acceptors (Lipinski definition) is 5. The number of benzene rings is 2. The maximum absolute atomic E-state index is 12.8. The molecule has 142 valence electrons. The molecule has 0 radical (unpaired) electrons. The lowest BCUT2D eigenvalue weighted by molar-refractivity contribution is 0.580. The summed E-state index contributed by atoms with van der Waals surface area (Å²) in [5.41, 5.74) is 1.27. The standard InChI is InChI=1S/C18H19N3O4S2/c1-14-7-8-17(26(22,23)16-5-3-2-4-6-16)11-18(14)27(24,25)21-10-9-15-12-19-13-20-15/h2-8,11-13,21H,9-10H2,1H3,(H,19,20). The lowest BCUT2D eigenvalue weighted by Crippen LogP contribution is -2.27. The van der Waals surface area contributed by atoms with E-state index >= 15 is 0 Å². The maximum Gasteiger partial charge on any atom is 0.240 e. The molecule has 0 saturated carbocycles. The van der Waals surface area contributed by atoms with Gasteiger partial charge in [-0.15, -0.1) is 0 Å².